The van der Waals surface area contributed by atoms with Crippen molar-refractivity contribution in [3.05, 3.63) is 77.9 Å². The Balaban J connectivity index is 0.000000336. The quantitative estimate of drug-likeness (QED) is 0.253. The van der Waals surface area contributed by atoms with Gasteiger partial charge in [-0.05, 0) is 74.3 Å². The Bertz CT molecular complexity index is 1300. The van der Waals surface area contributed by atoms with Crippen LogP contribution in [0.2, 0.25) is 0 Å². The standard InChI is InChI=1S/C29H34N2O2.C7H13NO/c1-31-18-17-30-29(31)26-21-24-20-25(32-19-7-12-22-10-5-6-11-22)14-16-27(24)33-28(26)15-13-23-8-3-2-4-9-23;8-7(9)6-4-2-1-3-5-6/h2-4,8-9,14,16-18,20-22,28H,5-7,10-13,15,19H2,1H3;6H,1-5H2,(H2,8,9). The van der Waals surface area contributed by atoms with E-state index in [9.17, 15) is 4.79 Å². The topological polar surface area (TPSA) is 79.4 Å². The number of primary amides is 1. The molecule has 1 unspecified atom stereocenters. The third-order valence-corrected chi connectivity index (χ3v) is 9.03. The lowest BCUT2D eigenvalue weighted by atomic mass is 9.89. The van der Waals surface area contributed by atoms with Gasteiger partial charge < -0.3 is 19.8 Å². The molecule has 0 spiro atoms. The number of hydrogen-bond donors (Lipinski definition) is 1. The van der Waals surface area contributed by atoms with E-state index < -0.39 is 0 Å². The predicted molar refractivity (Wildman–Crippen MR) is 169 cm³/mol. The highest BCUT2D eigenvalue weighted by atomic mass is 16.5. The minimum atomic E-state index is -0.102. The minimum Gasteiger partial charge on any atom is -0.494 e. The first kappa shape index (κ1) is 29.9. The van der Waals surface area contributed by atoms with Crippen LogP contribution in [-0.4, -0.2) is 28.2 Å². The summed E-state index contributed by atoms with van der Waals surface area (Å²) >= 11 is 0. The van der Waals surface area contributed by atoms with Crippen molar-refractivity contribution in [2.24, 2.45) is 24.6 Å². The maximum Gasteiger partial charge on any atom is 0.220 e. The van der Waals surface area contributed by atoms with Crippen molar-refractivity contribution in [2.45, 2.75) is 89.6 Å². The van der Waals surface area contributed by atoms with E-state index >= 15 is 0 Å². The van der Waals surface area contributed by atoms with Gasteiger partial charge in [0.25, 0.3) is 0 Å². The molecule has 6 rings (SSSR count). The van der Waals surface area contributed by atoms with Crippen molar-refractivity contribution in [1.82, 2.24) is 9.55 Å². The highest BCUT2D eigenvalue weighted by Gasteiger charge is 2.26. The predicted octanol–water partition coefficient (Wildman–Crippen LogP) is 7.76. The maximum atomic E-state index is 10.6. The van der Waals surface area contributed by atoms with Crippen molar-refractivity contribution >= 4 is 17.6 Å². The number of aromatic nitrogens is 2. The summed E-state index contributed by atoms with van der Waals surface area (Å²) in [5.74, 6) is 3.81. The number of amides is 1. The van der Waals surface area contributed by atoms with Crippen LogP contribution in [0.3, 0.4) is 0 Å². The van der Waals surface area contributed by atoms with Gasteiger partial charge in [0.2, 0.25) is 5.91 Å². The number of carbonyl (C=O) groups excluding carboxylic acids is 1. The van der Waals surface area contributed by atoms with Crippen molar-refractivity contribution < 1.29 is 14.3 Å². The van der Waals surface area contributed by atoms with Gasteiger partial charge in [-0.1, -0.05) is 75.3 Å². The molecule has 0 bridgehead atoms. The van der Waals surface area contributed by atoms with E-state index in [1.54, 1.807) is 0 Å². The molecule has 2 aromatic carbocycles. The molecule has 1 aliphatic heterocycles. The van der Waals surface area contributed by atoms with Gasteiger partial charge in [0.05, 0.1) is 6.61 Å². The van der Waals surface area contributed by atoms with E-state index in [4.69, 9.17) is 15.2 Å². The summed E-state index contributed by atoms with van der Waals surface area (Å²) in [5, 5.41) is 0. The molecule has 3 aliphatic rings. The summed E-state index contributed by atoms with van der Waals surface area (Å²) in [7, 11) is 2.04. The Hall–Kier alpha value is -3.54. The smallest absolute Gasteiger partial charge is 0.220 e. The highest BCUT2D eigenvalue weighted by molar-refractivity contribution is 5.85. The first-order valence-corrected chi connectivity index (χ1v) is 16.0. The average Bonchev–Trinajstić information content (AvgIpc) is 3.71. The van der Waals surface area contributed by atoms with Crippen molar-refractivity contribution in [3.63, 3.8) is 0 Å². The molecule has 2 fully saturated rings. The molecule has 2 heterocycles. The number of benzene rings is 2. The fourth-order valence-corrected chi connectivity index (χ4v) is 6.57. The molecule has 224 valence electrons. The molecule has 1 aromatic heterocycles. The Labute approximate surface area is 251 Å². The molecule has 2 saturated carbocycles. The van der Waals surface area contributed by atoms with Gasteiger partial charge in [0, 0.05) is 36.5 Å². The van der Waals surface area contributed by atoms with E-state index in [0.717, 1.165) is 73.1 Å². The number of hydrogen-bond acceptors (Lipinski definition) is 4. The number of ether oxygens (including phenoxy) is 2. The van der Waals surface area contributed by atoms with Crippen LogP contribution in [0.1, 0.15) is 94.0 Å². The Morgan fingerprint density at radius 3 is 2.45 bits per heavy atom. The second-order valence-corrected chi connectivity index (χ2v) is 12.2. The molecule has 2 aliphatic carbocycles. The van der Waals surface area contributed by atoms with Crippen molar-refractivity contribution in [2.75, 3.05) is 6.61 Å². The number of carbonyl (C=O) groups is 1. The van der Waals surface area contributed by atoms with Crippen LogP contribution in [0, 0.1) is 11.8 Å². The molecule has 0 radical (unpaired) electrons. The zero-order valence-corrected chi connectivity index (χ0v) is 25.2. The number of nitrogens with two attached hydrogens (primary N) is 1. The fraction of sp³-hybridized carbons (Fsp3) is 0.500. The molecular formula is C36H47N3O3. The van der Waals surface area contributed by atoms with Crippen LogP contribution in [0.25, 0.3) is 11.6 Å². The number of nitrogens with zero attached hydrogens (tertiary/aromatic N) is 2. The molecule has 2 N–H and O–H groups in total. The number of rotatable bonds is 10. The summed E-state index contributed by atoms with van der Waals surface area (Å²) in [5.41, 5.74) is 8.65. The third-order valence-electron chi connectivity index (χ3n) is 9.03. The third kappa shape index (κ3) is 8.27. The second-order valence-electron chi connectivity index (χ2n) is 12.2. The van der Waals surface area contributed by atoms with Crippen LogP contribution in [0.15, 0.2) is 60.9 Å². The first-order valence-electron chi connectivity index (χ1n) is 16.0. The summed E-state index contributed by atoms with van der Waals surface area (Å²) < 4.78 is 14.7. The molecule has 42 heavy (non-hydrogen) atoms. The zero-order chi connectivity index (χ0) is 29.1. The fourth-order valence-electron chi connectivity index (χ4n) is 6.57. The van der Waals surface area contributed by atoms with Gasteiger partial charge in [-0.25, -0.2) is 4.98 Å². The lowest BCUT2D eigenvalue weighted by Crippen LogP contribution is -2.24. The lowest BCUT2D eigenvalue weighted by Gasteiger charge is -2.27. The number of fused-ring (bicyclic) bond motifs is 1. The largest absolute Gasteiger partial charge is 0.494 e. The highest BCUT2D eigenvalue weighted by Crippen LogP contribution is 2.37. The monoisotopic (exact) mass is 569 g/mol. The number of aryl methyl sites for hydroxylation is 2. The Morgan fingerprint density at radius 2 is 1.76 bits per heavy atom. The molecule has 1 amide bonds. The summed E-state index contributed by atoms with van der Waals surface area (Å²) in [6.45, 7) is 0.784. The van der Waals surface area contributed by atoms with E-state index in [1.807, 2.05) is 25.5 Å². The van der Waals surface area contributed by atoms with Crippen LogP contribution >= 0.6 is 0 Å². The molecule has 1 atom stereocenters. The normalized spacial score (nSPS) is 18.8. The Kier molecular flexibility index (Phi) is 10.7. The summed E-state index contributed by atoms with van der Waals surface area (Å²) in [6.07, 6.45) is 21.7. The average molecular weight is 570 g/mol. The minimum absolute atomic E-state index is 0.0306. The SMILES string of the molecule is Cn1ccnc1C1=Cc2cc(OCCCC3CCCC3)ccc2OC1CCc1ccccc1.NC(=O)C1CCCCC1. The first-order chi connectivity index (χ1) is 20.6. The van der Waals surface area contributed by atoms with E-state index in [1.165, 1.54) is 56.9 Å². The van der Waals surface area contributed by atoms with E-state index in [-0.39, 0.29) is 17.9 Å². The van der Waals surface area contributed by atoms with Crippen LogP contribution in [-0.2, 0) is 18.3 Å². The van der Waals surface area contributed by atoms with Crippen LogP contribution in [0.5, 0.6) is 11.5 Å². The summed E-state index contributed by atoms with van der Waals surface area (Å²) in [4.78, 5) is 15.2. The van der Waals surface area contributed by atoms with E-state index in [2.05, 4.69) is 58.1 Å². The Morgan fingerprint density at radius 1 is 1.00 bits per heavy atom. The zero-order valence-electron chi connectivity index (χ0n) is 25.2. The van der Waals surface area contributed by atoms with Crippen LogP contribution < -0.4 is 15.2 Å². The van der Waals surface area contributed by atoms with Gasteiger partial charge in [-0.3, -0.25) is 4.79 Å². The summed E-state index contributed by atoms with van der Waals surface area (Å²) in [6, 6.07) is 16.8. The molecule has 0 saturated heterocycles. The van der Waals surface area contributed by atoms with Gasteiger partial charge in [-0.2, -0.15) is 0 Å². The number of imidazole rings is 1. The van der Waals surface area contributed by atoms with Gasteiger partial charge in [-0.15, -0.1) is 0 Å². The lowest BCUT2D eigenvalue weighted by molar-refractivity contribution is -0.122. The van der Waals surface area contributed by atoms with Gasteiger partial charge in [0.15, 0.2) is 0 Å². The molecule has 6 heteroatoms. The van der Waals surface area contributed by atoms with Gasteiger partial charge >= 0.3 is 0 Å². The molecule has 6 nitrogen and oxygen atoms in total. The molecular weight excluding hydrogens is 522 g/mol. The van der Waals surface area contributed by atoms with E-state index in [0.29, 0.717) is 0 Å². The van der Waals surface area contributed by atoms with Crippen molar-refractivity contribution in [1.29, 1.82) is 0 Å². The van der Waals surface area contributed by atoms with Crippen molar-refractivity contribution in [3.8, 4) is 11.5 Å². The maximum absolute atomic E-state index is 10.6. The van der Waals surface area contributed by atoms with Crippen LogP contribution in [0.4, 0.5) is 0 Å². The van der Waals surface area contributed by atoms with Gasteiger partial charge in [0.1, 0.15) is 23.4 Å². The molecule has 3 aromatic rings. The second kappa shape index (κ2) is 15.1.